The van der Waals surface area contributed by atoms with E-state index in [0.717, 1.165) is 11.5 Å². The van der Waals surface area contributed by atoms with Crippen LogP contribution in [0.4, 0.5) is 0 Å². The molecule has 1 aliphatic rings. The van der Waals surface area contributed by atoms with Crippen LogP contribution < -0.4 is 0 Å². The average Bonchev–Trinajstić information content (AvgIpc) is 2.88. The molecule has 2 atom stereocenters. The first-order valence-electron chi connectivity index (χ1n) is 13.7. The maximum Gasteiger partial charge on any atom is 0.335 e. The average molecular weight is 515 g/mol. The van der Waals surface area contributed by atoms with E-state index in [9.17, 15) is 14.7 Å². The number of carbonyl (C=O) groups is 2. The number of benzene rings is 1. The highest BCUT2D eigenvalue weighted by atomic mass is 16.5. The highest BCUT2D eigenvalue weighted by molar-refractivity contribution is 5.88. The van der Waals surface area contributed by atoms with E-state index in [0.29, 0.717) is 11.5 Å². The van der Waals surface area contributed by atoms with Crippen LogP contribution in [-0.2, 0) is 23.8 Å². The van der Waals surface area contributed by atoms with Gasteiger partial charge in [0.2, 0.25) is 0 Å². The third-order valence-electron chi connectivity index (χ3n) is 7.05. The molecular weight excluding hydrogens is 468 g/mol. The van der Waals surface area contributed by atoms with Gasteiger partial charge in [-0.3, -0.25) is 0 Å². The van der Waals surface area contributed by atoms with Gasteiger partial charge in [-0.25, -0.2) is 9.59 Å². The highest BCUT2D eigenvalue weighted by Gasteiger charge is 2.23. The van der Waals surface area contributed by atoms with E-state index in [1.54, 1.807) is 13.8 Å². The fraction of sp³-hybridized carbons (Fsp3) is 0.613. The van der Waals surface area contributed by atoms with Gasteiger partial charge in [-0.05, 0) is 62.5 Å². The van der Waals surface area contributed by atoms with Crippen molar-refractivity contribution in [3.63, 3.8) is 0 Å². The summed E-state index contributed by atoms with van der Waals surface area (Å²) in [5.74, 6) is 0.0887. The summed E-state index contributed by atoms with van der Waals surface area (Å²) in [4.78, 5) is 24.4. The van der Waals surface area contributed by atoms with Gasteiger partial charge in [-0.15, -0.1) is 0 Å². The highest BCUT2D eigenvalue weighted by Crippen LogP contribution is 2.38. The second-order valence-corrected chi connectivity index (χ2v) is 10.5. The molecule has 1 saturated carbocycles. The maximum absolute atomic E-state index is 12.4. The summed E-state index contributed by atoms with van der Waals surface area (Å²) in [5, 5.41) is 9.28. The van der Waals surface area contributed by atoms with Crippen molar-refractivity contribution in [3.05, 3.63) is 59.7 Å². The van der Waals surface area contributed by atoms with Crippen molar-refractivity contribution >= 4 is 11.9 Å². The van der Waals surface area contributed by atoms with Crippen molar-refractivity contribution < 1.29 is 28.9 Å². The van der Waals surface area contributed by atoms with Gasteiger partial charge < -0.3 is 19.3 Å². The second kappa shape index (κ2) is 16.4. The minimum Gasteiger partial charge on any atom is -0.462 e. The Labute approximate surface area is 223 Å². The first kappa shape index (κ1) is 30.8. The molecule has 0 amide bonds. The Morgan fingerprint density at radius 3 is 2.16 bits per heavy atom. The molecule has 0 radical (unpaired) electrons. The Bertz CT molecular complexity index is 864. The molecule has 0 heterocycles. The van der Waals surface area contributed by atoms with Crippen molar-refractivity contribution in [1.82, 2.24) is 0 Å². The lowest BCUT2D eigenvalue weighted by atomic mass is 9.77. The molecule has 1 N–H and O–H groups in total. The number of aliphatic hydroxyl groups is 1. The van der Waals surface area contributed by atoms with Crippen LogP contribution in [-0.4, -0.2) is 49.6 Å². The molecule has 0 bridgehead atoms. The van der Waals surface area contributed by atoms with Crippen molar-refractivity contribution in [2.24, 2.45) is 5.92 Å². The van der Waals surface area contributed by atoms with E-state index in [1.165, 1.54) is 56.9 Å². The number of rotatable bonds is 16. The summed E-state index contributed by atoms with van der Waals surface area (Å²) in [6.07, 6.45) is 9.77. The van der Waals surface area contributed by atoms with Crippen molar-refractivity contribution in [2.45, 2.75) is 90.1 Å². The SMILES string of the molecule is C=C(C)C(=O)OCC(COC(=O)C(=C)COCC(C)O)c1ccc(C2CCC(CCCCC)CC2)cc1. The zero-order chi connectivity index (χ0) is 27.2. The molecule has 37 heavy (non-hydrogen) atoms. The van der Waals surface area contributed by atoms with Gasteiger partial charge in [0.15, 0.2) is 0 Å². The molecule has 0 aliphatic heterocycles. The third-order valence-corrected chi connectivity index (χ3v) is 7.05. The van der Waals surface area contributed by atoms with Gasteiger partial charge >= 0.3 is 11.9 Å². The van der Waals surface area contributed by atoms with Crippen LogP contribution >= 0.6 is 0 Å². The van der Waals surface area contributed by atoms with Crippen LogP contribution in [0.15, 0.2) is 48.6 Å². The number of hydrogen-bond donors (Lipinski definition) is 1. The Morgan fingerprint density at radius 1 is 0.973 bits per heavy atom. The van der Waals surface area contributed by atoms with Crippen molar-refractivity contribution in [2.75, 3.05) is 26.4 Å². The van der Waals surface area contributed by atoms with Gasteiger partial charge in [0.1, 0.15) is 13.2 Å². The number of hydrogen-bond acceptors (Lipinski definition) is 6. The van der Waals surface area contributed by atoms with Gasteiger partial charge in [-0.2, -0.15) is 0 Å². The molecule has 0 aromatic heterocycles. The van der Waals surface area contributed by atoms with Crippen LogP contribution in [0, 0.1) is 5.92 Å². The lowest BCUT2D eigenvalue weighted by Crippen LogP contribution is -2.22. The Kier molecular flexibility index (Phi) is 13.7. The van der Waals surface area contributed by atoms with E-state index in [4.69, 9.17) is 14.2 Å². The molecule has 2 unspecified atom stereocenters. The van der Waals surface area contributed by atoms with Crippen molar-refractivity contribution in [3.8, 4) is 0 Å². The molecule has 1 aliphatic carbocycles. The minimum absolute atomic E-state index is 0.0193. The predicted molar refractivity (Wildman–Crippen MR) is 146 cm³/mol. The lowest BCUT2D eigenvalue weighted by molar-refractivity contribution is -0.142. The van der Waals surface area contributed by atoms with Crippen LogP contribution in [0.3, 0.4) is 0 Å². The molecular formula is C31H46O6. The van der Waals surface area contributed by atoms with Crippen LogP contribution in [0.5, 0.6) is 0 Å². The van der Waals surface area contributed by atoms with Crippen LogP contribution in [0.25, 0.3) is 0 Å². The van der Waals surface area contributed by atoms with Gasteiger partial charge in [0.05, 0.1) is 30.8 Å². The van der Waals surface area contributed by atoms with Gasteiger partial charge in [0, 0.05) is 5.57 Å². The second-order valence-electron chi connectivity index (χ2n) is 10.5. The van der Waals surface area contributed by atoms with Crippen LogP contribution in [0.2, 0.25) is 0 Å². The molecule has 6 heteroatoms. The Hall–Kier alpha value is -2.44. The summed E-state index contributed by atoms with van der Waals surface area (Å²) >= 11 is 0. The zero-order valence-electron chi connectivity index (χ0n) is 23.0. The fourth-order valence-corrected chi connectivity index (χ4v) is 4.74. The van der Waals surface area contributed by atoms with Crippen LogP contribution in [0.1, 0.15) is 95.1 Å². The smallest absolute Gasteiger partial charge is 0.335 e. The molecule has 206 valence electrons. The van der Waals surface area contributed by atoms with E-state index >= 15 is 0 Å². The summed E-state index contributed by atoms with van der Waals surface area (Å²) in [5.41, 5.74) is 2.77. The van der Waals surface area contributed by atoms with E-state index in [1.807, 2.05) is 0 Å². The summed E-state index contributed by atoms with van der Waals surface area (Å²) in [6, 6.07) is 8.43. The zero-order valence-corrected chi connectivity index (χ0v) is 23.0. The maximum atomic E-state index is 12.4. The monoisotopic (exact) mass is 514 g/mol. The van der Waals surface area contributed by atoms with Crippen molar-refractivity contribution in [1.29, 1.82) is 0 Å². The minimum atomic E-state index is -0.625. The van der Waals surface area contributed by atoms with E-state index < -0.39 is 18.0 Å². The predicted octanol–water partition coefficient (Wildman–Crippen LogP) is 6.24. The van der Waals surface area contributed by atoms with Gasteiger partial charge in [-0.1, -0.05) is 70.0 Å². The molecule has 0 spiro atoms. The normalized spacial score (nSPS) is 19.0. The summed E-state index contributed by atoms with van der Waals surface area (Å²) in [7, 11) is 0. The number of aliphatic hydroxyl groups excluding tert-OH is 1. The molecule has 6 nitrogen and oxygen atoms in total. The number of unbranched alkanes of at least 4 members (excludes halogenated alkanes) is 2. The molecule has 0 saturated heterocycles. The molecule has 1 aromatic rings. The standard InChI is InChI=1S/C31H46O6/c1-6-7-8-9-25-10-12-26(13-11-25)27-14-16-28(17-15-27)29(20-36-30(33)22(2)3)21-37-31(34)23(4)18-35-19-24(5)32/h14-17,24-26,29,32H,2,4,6-13,18-21H2,1,3,5H3. The molecule has 1 fully saturated rings. The largest absolute Gasteiger partial charge is 0.462 e. The molecule has 1 aromatic carbocycles. The van der Waals surface area contributed by atoms with E-state index in [-0.39, 0.29) is 37.9 Å². The first-order valence-corrected chi connectivity index (χ1v) is 13.7. The molecule has 2 rings (SSSR count). The summed E-state index contributed by atoms with van der Waals surface area (Å²) < 4.78 is 16.1. The van der Waals surface area contributed by atoms with Gasteiger partial charge in [0.25, 0.3) is 0 Å². The first-order chi connectivity index (χ1) is 17.7. The quantitative estimate of drug-likeness (QED) is 0.160. The Morgan fingerprint density at radius 2 is 1.59 bits per heavy atom. The fourth-order valence-electron chi connectivity index (χ4n) is 4.74. The number of ether oxygens (including phenoxy) is 3. The Balaban J connectivity index is 1.96. The topological polar surface area (TPSA) is 82.1 Å². The summed E-state index contributed by atoms with van der Waals surface area (Å²) in [6.45, 7) is 13.0. The lowest BCUT2D eigenvalue weighted by Gasteiger charge is -2.29. The van der Waals surface area contributed by atoms with E-state index in [2.05, 4.69) is 44.3 Å². The number of esters is 2. The number of carbonyl (C=O) groups excluding carboxylic acids is 2. The third kappa shape index (κ3) is 11.2.